The standard InChI is InChI=1S/C19H29N3O3.HI/c1-13-6-7-17(24-4)15(10-13)8-9-21-19(20-3)22-11-14(2)16(12-22)18(23)25-5;/h6-7,10,14,16H,8-9,11-12H2,1-5H3,(H,20,21);1H. The molecule has 2 unspecified atom stereocenters. The number of nitrogens with one attached hydrogen (secondary N) is 1. The summed E-state index contributed by atoms with van der Waals surface area (Å²) >= 11 is 0. The van der Waals surface area contributed by atoms with E-state index in [0.29, 0.717) is 6.54 Å². The predicted octanol–water partition coefficient (Wildman–Crippen LogP) is 2.48. The Balaban J connectivity index is 0.00000338. The van der Waals surface area contributed by atoms with Gasteiger partial charge in [0.25, 0.3) is 0 Å². The van der Waals surface area contributed by atoms with Gasteiger partial charge in [-0.15, -0.1) is 24.0 Å². The molecule has 1 aliphatic heterocycles. The van der Waals surface area contributed by atoms with Gasteiger partial charge < -0.3 is 19.7 Å². The Hall–Kier alpha value is -1.51. The van der Waals surface area contributed by atoms with Gasteiger partial charge in [0.2, 0.25) is 0 Å². The Morgan fingerprint density at radius 2 is 2.08 bits per heavy atom. The van der Waals surface area contributed by atoms with Gasteiger partial charge in [0, 0.05) is 26.7 Å². The quantitative estimate of drug-likeness (QED) is 0.307. The second-order valence-corrected chi connectivity index (χ2v) is 6.55. The highest BCUT2D eigenvalue weighted by Crippen LogP contribution is 2.24. The van der Waals surface area contributed by atoms with Crippen molar-refractivity contribution in [3.63, 3.8) is 0 Å². The normalized spacial score (nSPS) is 19.7. The Labute approximate surface area is 173 Å². The highest BCUT2D eigenvalue weighted by Gasteiger charge is 2.36. The summed E-state index contributed by atoms with van der Waals surface area (Å²) < 4.78 is 10.3. The number of ether oxygens (including phenoxy) is 2. The van der Waals surface area contributed by atoms with Crippen LogP contribution in [0, 0.1) is 18.8 Å². The van der Waals surface area contributed by atoms with Crippen LogP contribution in [-0.2, 0) is 16.0 Å². The molecular weight excluding hydrogens is 445 g/mol. The molecule has 1 aromatic carbocycles. The van der Waals surface area contributed by atoms with Gasteiger partial charge in [-0.05, 0) is 30.9 Å². The van der Waals surface area contributed by atoms with Crippen LogP contribution < -0.4 is 10.1 Å². The number of rotatable bonds is 5. The molecule has 0 aliphatic carbocycles. The second kappa shape index (κ2) is 10.6. The Morgan fingerprint density at radius 3 is 2.69 bits per heavy atom. The van der Waals surface area contributed by atoms with E-state index in [4.69, 9.17) is 9.47 Å². The second-order valence-electron chi connectivity index (χ2n) is 6.55. The zero-order valence-electron chi connectivity index (χ0n) is 16.2. The molecule has 7 heteroatoms. The Bertz CT molecular complexity index is 636. The lowest BCUT2D eigenvalue weighted by Crippen LogP contribution is -2.41. The van der Waals surface area contributed by atoms with E-state index in [1.165, 1.54) is 18.2 Å². The number of carbonyl (C=O) groups is 1. The lowest BCUT2D eigenvalue weighted by molar-refractivity contribution is -0.145. The minimum atomic E-state index is -0.144. The van der Waals surface area contributed by atoms with Gasteiger partial charge in [0.05, 0.1) is 20.1 Å². The Morgan fingerprint density at radius 1 is 1.35 bits per heavy atom. The van der Waals surface area contributed by atoms with Crippen molar-refractivity contribution in [1.29, 1.82) is 0 Å². The molecule has 1 N–H and O–H groups in total. The number of aryl methyl sites for hydroxylation is 1. The predicted molar refractivity (Wildman–Crippen MR) is 114 cm³/mol. The van der Waals surface area contributed by atoms with E-state index in [2.05, 4.69) is 35.1 Å². The topological polar surface area (TPSA) is 63.2 Å². The summed E-state index contributed by atoms with van der Waals surface area (Å²) in [6.45, 7) is 6.34. The van der Waals surface area contributed by atoms with E-state index in [9.17, 15) is 4.79 Å². The highest BCUT2D eigenvalue weighted by atomic mass is 127. The number of likely N-dealkylation sites (tertiary alicyclic amines) is 1. The molecule has 0 amide bonds. The van der Waals surface area contributed by atoms with Crippen molar-refractivity contribution < 1.29 is 14.3 Å². The van der Waals surface area contributed by atoms with E-state index >= 15 is 0 Å². The van der Waals surface area contributed by atoms with Gasteiger partial charge in [-0.1, -0.05) is 24.6 Å². The average molecular weight is 475 g/mol. The maximum absolute atomic E-state index is 11.9. The number of hydrogen-bond donors (Lipinski definition) is 1. The SMILES string of the molecule is CN=C(NCCc1cc(C)ccc1OC)N1CC(C)C(C(=O)OC)C1.I. The molecule has 1 saturated heterocycles. The monoisotopic (exact) mass is 475 g/mol. The molecule has 0 aromatic heterocycles. The van der Waals surface area contributed by atoms with Gasteiger partial charge in [0.15, 0.2) is 5.96 Å². The smallest absolute Gasteiger partial charge is 0.310 e. The van der Waals surface area contributed by atoms with Crippen LogP contribution in [0.4, 0.5) is 0 Å². The number of halogens is 1. The molecule has 0 radical (unpaired) electrons. The average Bonchev–Trinajstić information content (AvgIpc) is 2.99. The third-order valence-corrected chi connectivity index (χ3v) is 4.74. The van der Waals surface area contributed by atoms with Crippen LogP contribution in [0.5, 0.6) is 5.75 Å². The minimum Gasteiger partial charge on any atom is -0.496 e. The summed E-state index contributed by atoms with van der Waals surface area (Å²) in [7, 11) is 4.91. The van der Waals surface area contributed by atoms with Crippen molar-refractivity contribution in [1.82, 2.24) is 10.2 Å². The van der Waals surface area contributed by atoms with Crippen LogP contribution in [0.25, 0.3) is 0 Å². The van der Waals surface area contributed by atoms with Gasteiger partial charge in [-0.3, -0.25) is 9.79 Å². The largest absolute Gasteiger partial charge is 0.496 e. The van der Waals surface area contributed by atoms with Crippen molar-refractivity contribution in [3.8, 4) is 5.75 Å². The van der Waals surface area contributed by atoms with Crippen molar-refractivity contribution >= 4 is 35.9 Å². The zero-order chi connectivity index (χ0) is 18.4. The molecule has 1 aliphatic rings. The molecule has 1 aromatic rings. The number of aliphatic imine (C=N–C) groups is 1. The van der Waals surface area contributed by atoms with E-state index in [-0.39, 0.29) is 41.8 Å². The molecule has 2 rings (SSSR count). The van der Waals surface area contributed by atoms with E-state index < -0.39 is 0 Å². The fourth-order valence-electron chi connectivity index (χ4n) is 3.34. The number of esters is 1. The van der Waals surface area contributed by atoms with Gasteiger partial charge in [-0.25, -0.2) is 0 Å². The molecule has 6 nitrogen and oxygen atoms in total. The van der Waals surface area contributed by atoms with E-state index in [0.717, 1.165) is 31.2 Å². The minimum absolute atomic E-state index is 0. The van der Waals surface area contributed by atoms with Crippen LogP contribution in [0.1, 0.15) is 18.1 Å². The lowest BCUT2D eigenvalue weighted by Gasteiger charge is -2.21. The van der Waals surface area contributed by atoms with E-state index in [1.807, 2.05) is 12.1 Å². The molecule has 1 heterocycles. The number of hydrogen-bond acceptors (Lipinski definition) is 4. The molecule has 0 bridgehead atoms. The first-order valence-corrected chi connectivity index (χ1v) is 8.67. The third-order valence-electron chi connectivity index (χ3n) is 4.74. The first-order valence-electron chi connectivity index (χ1n) is 8.67. The molecule has 146 valence electrons. The van der Waals surface area contributed by atoms with Gasteiger partial charge >= 0.3 is 5.97 Å². The summed E-state index contributed by atoms with van der Waals surface area (Å²) in [4.78, 5) is 18.3. The molecule has 0 saturated carbocycles. The summed E-state index contributed by atoms with van der Waals surface area (Å²) in [6, 6.07) is 6.20. The van der Waals surface area contributed by atoms with Gasteiger partial charge in [0.1, 0.15) is 5.75 Å². The third kappa shape index (κ3) is 5.49. The lowest BCUT2D eigenvalue weighted by atomic mass is 9.99. The maximum Gasteiger partial charge on any atom is 0.310 e. The van der Waals surface area contributed by atoms with Crippen LogP contribution >= 0.6 is 24.0 Å². The molecular formula is C19H30IN3O3. The summed E-state index contributed by atoms with van der Waals surface area (Å²) in [5.41, 5.74) is 2.39. The maximum atomic E-state index is 11.9. The first-order chi connectivity index (χ1) is 12.0. The van der Waals surface area contributed by atoms with E-state index in [1.54, 1.807) is 14.2 Å². The fourth-order valence-corrected chi connectivity index (χ4v) is 3.34. The van der Waals surface area contributed by atoms with Gasteiger partial charge in [-0.2, -0.15) is 0 Å². The van der Waals surface area contributed by atoms with Crippen LogP contribution in [-0.4, -0.2) is 57.7 Å². The zero-order valence-corrected chi connectivity index (χ0v) is 18.6. The van der Waals surface area contributed by atoms with Crippen molar-refractivity contribution in [3.05, 3.63) is 29.3 Å². The van der Waals surface area contributed by atoms with Crippen LogP contribution in [0.2, 0.25) is 0 Å². The van der Waals surface area contributed by atoms with Crippen molar-refractivity contribution in [2.24, 2.45) is 16.8 Å². The summed E-state index contributed by atoms with van der Waals surface area (Å²) in [5.74, 6) is 1.74. The van der Waals surface area contributed by atoms with Crippen molar-refractivity contribution in [2.45, 2.75) is 20.3 Å². The number of carbonyl (C=O) groups excluding carboxylic acids is 1. The molecule has 26 heavy (non-hydrogen) atoms. The molecule has 2 atom stereocenters. The highest BCUT2D eigenvalue weighted by molar-refractivity contribution is 14.0. The molecule has 1 fully saturated rings. The number of nitrogens with zero attached hydrogens (tertiary/aromatic N) is 2. The summed E-state index contributed by atoms with van der Waals surface area (Å²) in [6.07, 6.45) is 0.841. The first kappa shape index (κ1) is 22.5. The molecule has 0 spiro atoms. The summed E-state index contributed by atoms with van der Waals surface area (Å²) in [5, 5.41) is 3.40. The Kier molecular flexibility index (Phi) is 9.18. The number of methoxy groups -OCH3 is 2. The number of guanidine groups is 1. The van der Waals surface area contributed by atoms with Crippen LogP contribution in [0.15, 0.2) is 23.2 Å². The number of benzene rings is 1. The van der Waals surface area contributed by atoms with Crippen molar-refractivity contribution in [2.75, 3.05) is 40.9 Å². The van der Waals surface area contributed by atoms with Crippen LogP contribution in [0.3, 0.4) is 0 Å². The fraction of sp³-hybridized carbons (Fsp3) is 0.579.